The fourth-order valence-electron chi connectivity index (χ4n) is 2.90. The van der Waals surface area contributed by atoms with Gasteiger partial charge in [-0.1, -0.05) is 36.4 Å². The van der Waals surface area contributed by atoms with Crippen molar-refractivity contribution >= 4 is 29.7 Å². The van der Waals surface area contributed by atoms with Crippen LogP contribution in [0.5, 0.6) is 0 Å². The van der Waals surface area contributed by atoms with Gasteiger partial charge in [0.15, 0.2) is 0 Å². The standard InChI is InChI=1S/C20H19FN2O2/c1-22-20(25)16-12-19(24)23(13-16)18-9-7-14(8-10-18)5-6-15-3-2-4-17(21)11-15/h2-11,16H,12-13H2,1H3,(H,22,25)/b6-5+/t16-/m0/s1. The minimum absolute atomic E-state index is 0.0448. The Hall–Kier alpha value is -2.95. The molecule has 1 fully saturated rings. The zero-order chi connectivity index (χ0) is 17.8. The molecule has 1 aliphatic rings. The summed E-state index contributed by atoms with van der Waals surface area (Å²) < 4.78 is 13.2. The molecule has 0 aliphatic carbocycles. The van der Waals surface area contributed by atoms with Gasteiger partial charge in [-0.3, -0.25) is 9.59 Å². The molecule has 1 saturated heterocycles. The number of hydrogen-bond donors (Lipinski definition) is 1. The van der Waals surface area contributed by atoms with Crippen molar-refractivity contribution in [1.29, 1.82) is 0 Å². The van der Waals surface area contributed by atoms with Gasteiger partial charge in [-0.05, 0) is 35.4 Å². The highest BCUT2D eigenvalue weighted by atomic mass is 19.1. The van der Waals surface area contributed by atoms with Crippen LogP contribution in [-0.2, 0) is 9.59 Å². The van der Waals surface area contributed by atoms with Crippen LogP contribution in [0.25, 0.3) is 12.2 Å². The molecule has 5 heteroatoms. The van der Waals surface area contributed by atoms with Crippen LogP contribution in [0, 0.1) is 11.7 Å². The summed E-state index contributed by atoms with van der Waals surface area (Å²) in [6, 6.07) is 13.9. The normalized spacial score (nSPS) is 17.3. The van der Waals surface area contributed by atoms with Gasteiger partial charge in [0.2, 0.25) is 11.8 Å². The Morgan fingerprint density at radius 1 is 1.16 bits per heavy atom. The van der Waals surface area contributed by atoms with Crippen LogP contribution in [-0.4, -0.2) is 25.4 Å². The van der Waals surface area contributed by atoms with Crippen LogP contribution < -0.4 is 10.2 Å². The van der Waals surface area contributed by atoms with E-state index in [-0.39, 0.29) is 30.0 Å². The van der Waals surface area contributed by atoms with Crippen molar-refractivity contribution in [3.05, 3.63) is 65.5 Å². The largest absolute Gasteiger partial charge is 0.359 e. The fraction of sp³-hybridized carbons (Fsp3) is 0.200. The number of hydrogen-bond acceptors (Lipinski definition) is 2. The number of halogens is 1. The quantitative estimate of drug-likeness (QED) is 0.871. The first-order valence-corrected chi connectivity index (χ1v) is 8.12. The molecule has 25 heavy (non-hydrogen) atoms. The molecule has 0 saturated carbocycles. The lowest BCUT2D eigenvalue weighted by molar-refractivity contribution is -0.125. The molecule has 3 rings (SSSR count). The van der Waals surface area contributed by atoms with Gasteiger partial charge in [-0.25, -0.2) is 4.39 Å². The maximum absolute atomic E-state index is 13.2. The highest BCUT2D eigenvalue weighted by molar-refractivity contribution is 6.00. The fourth-order valence-corrected chi connectivity index (χ4v) is 2.90. The van der Waals surface area contributed by atoms with Crippen molar-refractivity contribution < 1.29 is 14.0 Å². The Labute approximate surface area is 146 Å². The molecule has 0 radical (unpaired) electrons. The predicted octanol–water partition coefficient (Wildman–Crippen LogP) is 3.10. The number of nitrogens with one attached hydrogen (secondary N) is 1. The van der Waals surface area contributed by atoms with E-state index in [1.54, 1.807) is 18.0 Å². The molecule has 0 bridgehead atoms. The number of benzene rings is 2. The Bertz CT molecular complexity index is 815. The molecule has 1 atom stereocenters. The zero-order valence-electron chi connectivity index (χ0n) is 13.9. The smallest absolute Gasteiger partial charge is 0.227 e. The molecule has 2 aromatic carbocycles. The second-order valence-electron chi connectivity index (χ2n) is 6.00. The summed E-state index contributed by atoms with van der Waals surface area (Å²) in [4.78, 5) is 25.5. The van der Waals surface area contributed by atoms with E-state index in [0.29, 0.717) is 6.54 Å². The van der Waals surface area contributed by atoms with E-state index in [9.17, 15) is 14.0 Å². The summed E-state index contributed by atoms with van der Waals surface area (Å²) in [5.74, 6) is -0.720. The number of rotatable bonds is 4. The molecule has 1 aliphatic heterocycles. The second-order valence-corrected chi connectivity index (χ2v) is 6.00. The van der Waals surface area contributed by atoms with E-state index in [4.69, 9.17) is 0 Å². The van der Waals surface area contributed by atoms with Crippen LogP contribution >= 0.6 is 0 Å². The first kappa shape index (κ1) is 16.9. The van der Waals surface area contributed by atoms with E-state index in [2.05, 4.69) is 5.32 Å². The zero-order valence-corrected chi connectivity index (χ0v) is 13.9. The van der Waals surface area contributed by atoms with Crippen molar-refractivity contribution in [2.75, 3.05) is 18.5 Å². The van der Waals surface area contributed by atoms with Gasteiger partial charge in [0.05, 0.1) is 5.92 Å². The summed E-state index contributed by atoms with van der Waals surface area (Å²) in [5.41, 5.74) is 2.51. The third-order valence-electron chi connectivity index (χ3n) is 4.26. The molecule has 0 aromatic heterocycles. The number of nitrogens with zero attached hydrogens (tertiary/aromatic N) is 1. The van der Waals surface area contributed by atoms with Gasteiger partial charge in [-0.2, -0.15) is 0 Å². The van der Waals surface area contributed by atoms with E-state index >= 15 is 0 Å². The van der Waals surface area contributed by atoms with Crippen molar-refractivity contribution in [1.82, 2.24) is 5.32 Å². The first-order chi connectivity index (χ1) is 12.1. The lowest BCUT2D eigenvalue weighted by Gasteiger charge is -2.16. The van der Waals surface area contributed by atoms with Gasteiger partial charge >= 0.3 is 0 Å². The van der Waals surface area contributed by atoms with Crippen LogP contribution in [0.2, 0.25) is 0 Å². The van der Waals surface area contributed by atoms with Crippen molar-refractivity contribution in [3.8, 4) is 0 Å². The van der Waals surface area contributed by atoms with E-state index in [0.717, 1.165) is 16.8 Å². The average Bonchev–Trinajstić information content (AvgIpc) is 3.01. The van der Waals surface area contributed by atoms with Crippen molar-refractivity contribution in [2.24, 2.45) is 5.92 Å². The number of carbonyl (C=O) groups is 2. The summed E-state index contributed by atoms with van der Waals surface area (Å²) in [6.07, 6.45) is 3.96. The van der Waals surface area contributed by atoms with Gasteiger partial charge in [0.1, 0.15) is 5.82 Å². The monoisotopic (exact) mass is 338 g/mol. The third-order valence-corrected chi connectivity index (χ3v) is 4.26. The predicted molar refractivity (Wildman–Crippen MR) is 96.3 cm³/mol. The molecule has 128 valence electrons. The molecule has 1 heterocycles. The Balaban J connectivity index is 1.70. The highest BCUT2D eigenvalue weighted by Crippen LogP contribution is 2.25. The summed E-state index contributed by atoms with van der Waals surface area (Å²) >= 11 is 0. The molecule has 1 N–H and O–H groups in total. The molecule has 2 amide bonds. The first-order valence-electron chi connectivity index (χ1n) is 8.12. The SMILES string of the molecule is CNC(=O)[C@H]1CC(=O)N(c2ccc(/C=C/c3cccc(F)c3)cc2)C1. The molecule has 0 spiro atoms. The minimum Gasteiger partial charge on any atom is -0.359 e. The lowest BCUT2D eigenvalue weighted by atomic mass is 10.1. The molecule has 0 unspecified atom stereocenters. The maximum Gasteiger partial charge on any atom is 0.227 e. The van der Waals surface area contributed by atoms with Crippen LogP contribution in [0.1, 0.15) is 17.5 Å². The van der Waals surface area contributed by atoms with Crippen LogP contribution in [0.15, 0.2) is 48.5 Å². The minimum atomic E-state index is -0.301. The highest BCUT2D eigenvalue weighted by Gasteiger charge is 2.34. The number of anilines is 1. The van der Waals surface area contributed by atoms with E-state index in [1.807, 2.05) is 42.5 Å². The number of amides is 2. The summed E-state index contributed by atoms with van der Waals surface area (Å²) in [5, 5.41) is 2.59. The molecular formula is C20H19FN2O2. The molecular weight excluding hydrogens is 319 g/mol. The molecule has 2 aromatic rings. The van der Waals surface area contributed by atoms with Gasteiger partial charge in [0, 0.05) is 25.7 Å². The second kappa shape index (κ2) is 7.30. The number of carbonyl (C=O) groups excluding carboxylic acids is 2. The van der Waals surface area contributed by atoms with Crippen molar-refractivity contribution in [3.63, 3.8) is 0 Å². The van der Waals surface area contributed by atoms with E-state index < -0.39 is 0 Å². The van der Waals surface area contributed by atoms with Gasteiger partial charge < -0.3 is 10.2 Å². The topological polar surface area (TPSA) is 49.4 Å². The van der Waals surface area contributed by atoms with Gasteiger partial charge in [0.25, 0.3) is 0 Å². The third kappa shape index (κ3) is 3.94. The summed E-state index contributed by atoms with van der Waals surface area (Å²) in [7, 11) is 1.58. The Morgan fingerprint density at radius 3 is 2.56 bits per heavy atom. The molecule has 4 nitrogen and oxygen atoms in total. The lowest BCUT2D eigenvalue weighted by Crippen LogP contribution is -2.30. The Kier molecular flexibility index (Phi) is 4.93. The van der Waals surface area contributed by atoms with Gasteiger partial charge in [-0.15, -0.1) is 0 Å². The average molecular weight is 338 g/mol. The maximum atomic E-state index is 13.2. The van der Waals surface area contributed by atoms with Crippen LogP contribution in [0.4, 0.5) is 10.1 Å². The van der Waals surface area contributed by atoms with E-state index in [1.165, 1.54) is 12.1 Å². The van der Waals surface area contributed by atoms with Crippen molar-refractivity contribution in [2.45, 2.75) is 6.42 Å². The summed E-state index contributed by atoms with van der Waals surface area (Å²) in [6.45, 7) is 0.400. The van der Waals surface area contributed by atoms with Crippen LogP contribution in [0.3, 0.4) is 0 Å². The Morgan fingerprint density at radius 2 is 1.88 bits per heavy atom.